The Kier molecular flexibility index (Phi) is 3.98. The molecule has 0 bridgehead atoms. The van der Waals surface area contributed by atoms with E-state index in [0.29, 0.717) is 0 Å². The van der Waals surface area contributed by atoms with E-state index in [4.69, 9.17) is 0 Å². The number of aromatic nitrogens is 2. The van der Waals surface area contributed by atoms with Crippen LogP contribution in [-0.4, -0.2) is 31.1 Å². The molecule has 1 aromatic heterocycles. The van der Waals surface area contributed by atoms with E-state index in [1.54, 1.807) is 0 Å². The normalized spacial score (nSPS) is 11.4. The predicted molar refractivity (Wildman–Crippen MR) is 77.3 cm³/mol. The second-order valence-electron chi connectivity index (χ2n) is 4.93. The second kappa shape index (κ2) is 4.73. The van der Waals surface area contributed by atoms with Crippen molar-refractivity contribution in [3.8, 4) is 0 Å². The molecule has 0 aliphatic carbocycles. The summed E-state index contributed by atoms with van der Waals surface area (Å²) >= 11 is 2.30. The number of hydrogen-bond acceptors (Lipinski definition) is 4. The van der Waals surface area contributed by atoms with Gasteiger partial charge in [0.25, 0.3) is 0 Å². The van der Waals surface area contributed by atoms with Crippen molar-refractivity contribution in [2.24, 2.45) is 0 Å². The molecule has 0 saturated heterocycles. The summed E-state index contributed by atoms with van der Waals surface area (Å²) in [5.74, 6) is 1.64. The first-order valence-corrected chi connectivity index (χ1v) is 6.28. The van der Waals surface area contributed by atoms with E-state index in [0.717, 1.165) is 21.0 Å². The van der Waals surface area contributed by atoms with Crippen molar-refractivity contribution in [2.45, 2.75) is 26.2 Å². The van der Waals surface area contributed by atoms with Gasteiger partial charge >= 0.3 is 0 Å². The van der Waals surface area contributed by atoms with Gasteiger partial charge in [0.2, 0.25) is 5.95 Å². The number of hydrogen-bond donors (Lipinski definition) is 1. The fraction of sp³-hybridized carbons (Fsp3) is 0.636. The minimum absolute atomic E-state index is 0.0236. The summed E-state index contributed by atoms with van der Waals surface area (Å²) in [7, 11) is 5.79. The molecule has 0 amide bonds. The molecule has 0 atom stereocenters. The number of halogens is 1. The van der Waals surface area contributed by atoms with E-state index in [-0.39, 0.29) is 5.41 Å². The zero-order valence-corrected chi connectivity index (χ0v) is 12.9. The van der Waals surface area contributed by atoms with Gasteiger partial charge in [0.05, 0.1) is 9.26 Å². The molecule has 0 unspecified atom stereocenters. The maximum absolute atomic E-state index is 4.62. The average molecular weight is 334 g/mol. The molecule has 1 rings (SSSR count). The van der Waals surface area contributed by atoms with E-state index in [2.05, 4.69) is 58.6 Å². The Morgan fingerprint density at radius 2 is 1.75 bits per heavy atom. The summed E-state index contributed by atoms with van der Waals surface area (Å²) in [4.78, 5) is 11.0. The lowest BCUT2D eigenvalue weighted by Crippen LogP contribution is -2.22. The summed E-state index contributed by atoms with van der Waals surface area (Å²) in [6.07, 6.45) is 0. The monoisotopic (exact) mass is 334 g/mol. The third kappa shape index (κ3) is 2.75. The number of rotatable bonds is 2. The van der Waals surface area contributed by atoms with Crippen LogP contribution in [0.3, 0.4) is 0 Å². The Morgan fingerprint density at radius 3 is 2.12 bits per heavy atom. The highest BCUT2D eigenvalue weighted by atomic mass is 127. The van der Waals surface area contributed by atoms with E-state index < -0.39 is 0 Å². The van der Waals surface area contributed by atoms with Crippen LogP contribution in [0.1, 0.15) is 26.5 Å². The molecule has 0 radical (unpaired) electrons. The highest BCUT2D eigenvalue weighted by Gasteiger charge is 2.23. The first-order chi connectivity index (χ1) is 7.27. The predicted octanol–water partition coefficient (Wildman–Crippen LogP) is 2.49. The Balaban J connectivity index is 3.42. The molecule has 16 heavy (non-hydrogen) atoms. The van der Waals surface area contributed by atoms with Crippen molar-refractivity contribution < 1.29 is 0 Å². The van der Waals surface area contributed by atoms with Gasteiger partial charge in [-0.1, -0.05) is 20.8 Å². The maximum Gasteiger partial charge on any atom is 0.227 e. The SMILES string of the molecule is CNc1nc(N(C)C)nc(C(C)(C)C)c1I. The zero-order valence-electron chi connectivity index (χ0n) is 10.7. The quantitative estimate of drug-likeness (QED) is 0.844. The lowest BCUT2D eigenvalue weighted by atomic mass is 9.92. The molecular formula is C11H19IN4. The molecule has 1 N–H and O–H groups in total. The topological polar surface area (TPSA) is 41.1 Å². The summed E-state index contributed by atoms with van der Waals surface area (Å²) in [6.45, 7) is 6.49. The Bertz CT molecular complexity index is 382. The van der Waals surface area contributed by atoms with Gasteiger partial charge in [0.1, 0.15) is 5.82 Å². The zero-order chi connectivity index (χ0) is 12.5. The van der Waals surface area contributed by atoms with Crippen LogP contribution in [0.5, 0.6) is 0 Å². The molecule has 0 fully saturated rings. The van der Waals surface area contributed by atoms with Gasteiger partial charge in [-0.25, -0.2) is 4.98 Å². The van der Waals surface area contributed by atoms with Crippen LogP contribution in [-0.2, 0) is 5.41 Å². The summed E-state index contributed by atoms with van der Waals surface area (Å²) < 4.78 is 1.10. The summed E-state index contributed by atoms with van der Waals surface area (Å²) in [5.41, 5.74) is 1.10. The molecule has 0 aliphatic rings. The first kappa shape index (κ1) is 13.5. The Hall–Kier alpha value is -0.590. The first-order valence-electron chi connectivity index (χ1n) is 5.20. The third-order valence-electron chi connectivity index (χ3n) is 2.19. The van der Waals surface area contributed by atoms with Crippen LogP contribution in [0.25, 0.3) is 0 Å². The number of anilines is 2. The standard InChI is InChI=1S/C11H19IN4/c1-11(2,3)8-7(12)9(13-4)15-10(14-8)16(5)6/h1-6H3,(H,13,14,15). The molecule has 1 aromatic rings. The minimum atomic E-state index is 0.0236. The largest absolute Gasteiger partial charge is 0.372 e. The lowest BCUT2D eigenvalue weighted by molar-refractivity contribution is 0.563. The molecule has 4 nitrogen and oxygen atoms in total. The molecule has 0 spiro atoms. The van der Waals surface area contributed by atoms with E-state index in [1.165, 1.54) is 0 Å². The average Bonchev–Trinajstić information content (AvgIpc) is 2.15. The van der Waals surface area contributed by atoms with Crippen molar-refractivity contribution in [1.29, 1.82) is 0 Å². The van der Waals surface area contributed by atoms with Crippen LogP contribution in [0.2, 0.25) is 0 Å². The Morgan fingerprint density at radius 1 is 1.19 bits per heavy atom. The van der Waals surface area contributed by atoms with Crippen LogP contribution < -0.4 is 10.2 Å². The van der Waals surface area contributed by atoms with Crippen molar-refractivity contribution >= 4 is 34.4 Å². The number of nitrogens with zero attached hydrogens (tertiary/aromatic N) is 3. The van der Waals surface area contributed by atoms with Crippen LogP contribution in [0.4, 0.5) is 11.8 Å². The Labute approximate surface area is 111 Å². The van der Waals surface area contributed by atoms with Crippen LogP contribution >= 0.6 is 22.6 Å². The van der Waals surface area contributed by atoms with E-state index in [9.17, 15) is 0 Å². The van der Waals surface area contributed by atoms with Crippen molar-refractivity contribution in [3.63, 3.8) is 0 Å². The second-order valence-corrected chi connectivity index (χ2v) is 6.01. The molecule has 5 heteroatoms. The smallest absolute Gasteiger partial charge is 0.227 e. The molecule has 0 aromatic carbocycles. The lowest BCUT2D eigenvalue weighted by Gasteiger charge is -2.23. The van der Waals surface area contributed by atoms with Crippen molar-refractivity contribution in [3.05, 3.63) is 9.26 Å². The fourth-order valence-electron chi connectivity index (χ4n) is 1.30. The molecule has 1 heterocycles. The highest BCUT2D eigenvalue weighted by molar-refractivity contribution is 14.1. The summed E-state index contributed by atoms with van der Waals surface area (Å²) in [6, 6.07) is 0. The molecular weight excluding hydrogens is 315 g/mol. The van der Waals surface area contributed by atoms with Gasteiger partial charge in [-0.15, -0.1) is 0 Å². The van der Waals surface area contributed by atoms with Crippen molar-refractivity contribution in [1.82, 2.24) is 9.97 Å². The van der Waals surface area contributed by atoms with Crippen LogP contribution in [0.15, 0.2) is 0 Å². The maximum atomic E-state index is 4.62. The van der Waals surface area contributed by atoms with E-state index >= 15 is 0 Å². The van der Waals surface area contributed by atoms with Crippen LogP contribution in [0, 0.1) is 3.57 Å². The molecule has 90 valence electrons. The van der Waals surface area contributed by atoms with Gasteiger partial charge in [-0.05, 0) is 22.6 Å². The van der Waals surface area contributed by atoms with Gasteiger partial charge in [0.15, 0.2) is 0 Å². The van der Waals surface area contributed by atoms with Gasteiger partial charge < -0.3 is 10.2 Å². The minimum Gasteiger partial charge on any atom is -0.372 e. The van der Waals surface area contributed by atoms with Gasteiger partial charge in [0, 0.05) is 26.6 Å². The number of nitrogens with one attached hydrogen (secondary N) is 1. The van der Waals surface area contributed by atoms with Gasteiger partial charge in [-0.2, -0.15) is 4.98 Å². The fourth-order valence-corrected chi connectivity index (χ4v) is 2.62. The highest BCUT2D eigenvalue weighted by Crippen LogP contribution is 2.30. The molecule has 0 aliphatic heterocycles. The van der Waals surface area contributed by atoms with Crippen molar-refractivity contribution in [2.75, 3.05) is 31.4 Å². The third-order valence-corrected chi connectivity index (χ3v) is 3.21. The van der Waals surface area contributed by atoms with Gasteiger partial charge in [-0.3, -0.25) is 0 Å². The van der Waals surface area contributed by atoms with E-state index in [1.807, 2.05) is 26.0 Å². The summed E-state index contributed by atoms with van der Waals surface area (Å²) in [5, 5.41) is 3.12. The molecule has 0 saturated carbocycles.